The van der Waals surface area contributed by atoms with E-state index < -0.39 is 11.6 Å². The molecule has 5 rings (SSSR count). The van der Waals surface area contributed by atoms with Crippen LogP contribution in [0.15, 0.2) is 53.4 Å². The monoisotopic (exact) mass is 421 g/mol. The van der Waals surface area contributed by atoms with Gasteiger partial charge in [0, 0.05) is 10.6 Å². The number of thioether (sulfide) groups is 1. The molecule has 4 amide bonds. The molecule has 1 aliphatic carbocycles. The fourth-order valence-corrected chi connectivity index (χ4v) is 5.96. The largest absolute Gasteiger partial charge is 0.348 e. The van der Waals surface area contributed by atoms with Gasteiger partial charge in [0.15, 0.2) is 0 Å². The molecule has 1 fully saturated rings. The van der Waals surface area contributed by atoms with Gasteiger partial charge in [0.1, 0.15) is 12.1 Å². The Morgan fingerprint density at radius 1 is 1.17 bits per heavy atom. The molecule has 2 N–H and O–H groups in total. The molecule has 2 heterocycles. The zero-order valence-corrected chi connectivity index (χ0v) is 17.3. The lowest BCUT2D eigenvalue weighted by atomic mass is 9.76. The molecule has 7 heteroatoms. The van der Waals surface area contributed by atoms with Crippen molar-refractivity contribution in [2.75, 3.05) is 12.3 Å². The topological polar surface area (TPSA) is 78.5 Å². The molecule has 154 valence electrons. The molecule has 1 saturated heterocycles. The predicted molar refractivity (Wildman–Crippen MR) is 114 cm³/mol. The number of fused-ring (bicyclic) bond motifs is 3. The summed E-state index contributed by atoms with van der Waals surface area (Å²) in [5, 5.41) is 5.93. The average molecular weight is 422 g/mol. The van der Waals surface area contributed by atoms with Gasteiger partial charge in [-0.15, -0.1) is 11.8 Å². The van der Waals surface area contributed by atoms with E-state index in [0.29, 0.717) is 6.42 Å². The highest BCUT2D eigenvalue weighted by molar-refractivity contribution is 7.99. The van der Waals surface area contributed by atoms with E-state index in [1.807, 2.05) is 42.5 Å². The van der Waals surface area contributed by atoms with E-state index in [2.05, 4.69) is 16.7 Å². The number of nitrogens with zero attached hydrogens (tertiary/aromatic N) is 1. The average Bonchev–Trinajstić information content (AvgIpc) is 2.99. The quantitative estimate of drug-likeness (QED) is 0.747. The van der Waals surface area contributed by atoms with Gasteiger partial charge in [-0.2, -0.15) is 0 Å². The number of carbonyl (C=O) groups is 3. The van der Waals surface area contributed by atoms with Crippen molar-refractivity contribution in [3.8, 4) is 0 Å². The van der Waals surface area contributed by atoms with Gasteiger partial charge in [-0.3, -0.25) is 14.5 Å². The third kappa shape index (κ3) is 3.08. The summed E-state index contributed by atoms with van der Waals surface area (Å²) in [6, 6.07) is 15.2. The number of benzene rings is 2. The van der Waals surface area contributed by atoms with Crippen LogP contribution in [0.5, 0.6) is 0 Å². The first-order chi connectivity index (χ1) is 14.6. The van der Waals surface area contributed by atoms with Crippen LogP contribution < -0.4 is 10.6 Å². The third-order valence-electron chi connectivity index (χ3n) is 6.25. The zero-order chi connectivity index (χ0) is 20.7. The van der Waals surface area contributed by atoms with Crippen LogP contribution in [-0.4, -0.2) is 35.0 Å². The summed E-state index contributed by atoms with van der Waals surface area (Å²) in [7, 11) is 0. The fraction of sp³-hybridized carbons (Fsp3) is 0.348. The second-order valence-corrected chi connectivity index (χ2v) is 9.17. The Balaban J connectivity index is 1.34. The zero-order valence-electron chi connectivity index (χ0n) is 16.5. The van der Waals surface area contributed by atoms with Crippen LogP contribution in [0.1, 0.15) is 42.0 Å². The van der Waals surface area contributed by atoms with Gasteiger partial charge >= 0.3 is 6.03 Å². The van der Waals surface area contributed by atoms with E-state index in [1.165, 1.54) is 4.90 Å². The van der Waals surface area contributed by atoms with Crippen LogP contribution in [0.3, 0.4) is 0 Å². The van der Waals surface area contributed by atoms with Crippen LogP contribution >= 0.6 is 11.8 Å². The molecule has 0 radical (unpaired) electrons. The SMILES string of the molecule is O=C(CN1C(=O)NC2(CCCc3ccccc32)C1=O)NC1CCSc2ccccc21. The number of aryl methyl sites for hydroxylation is 1. The Morgan fingerprint density at radius 3 is 2.87 bits per heavy atom. The maximum Gasteiger partial charge on any atom is 0.325 e. The number of carbonyl (C=O) groups excluding carboxylic acids is 3. The Hall–Kier alpha value is -2.80. The molecule has 0 aromatic heterocycles. The predicted octanol–water partition coefficient (Wildman–Crippen LogP) is 3.12. The van der Waals surface area contributed by atoms with Gasteiger partial charge in [-0.1, -0.05) is 42.5 Å². The Bertz CT molecular complexity index is 1040. The van der Waals surface area contributed by atoms with E-state index in [1.54, 1.807) is 11.8 Å². The van der Waals surface area contributed by atoms with Crippen molar-refractivity contribution < 1.29 is 14.4 Å². The number of rotatable bonds is 3. The van der Waals surface area contributed by atoms with E-state index in [0.717, 1.165) is 46.6 Å². The molecule has 3 aliphatic rings. The first kappa shape index (κ1) is 19.2. The van der Waals surface area contributed by atoms with Crippen LogP contribution in [0.4, 0.5) is 4.79 Å². The van der Waals surface area contributed by atoms with Crippen molar-refractivity contribution >= 4 is 29.6 Å². The number of hydrogen-bond donors (Lipinski definition) is 2. The Labute approximate surface area is 179 Å². The normalized spacial score (nSPS) is 24.9. The van der Waals surface area contributed by atoms with Crippen LogP contribution in [-0.2, 0) is 21.5 Å². The molecule has 2 unspecified atom stereocenters. The first-order valence-corrected chi connectivity index (χ1v) is 11.3. The molecule has 2 atom stereocenters. The summed E-state index contributed by atoms with van der Waals surface area (Å²) < 4.78 is 0. The van der Waals surface area contributed by atoms with Crippen molar-refractivity contribution in [1.29, 1.82) is 0 Å². The highest BCUT2D eigenvalue weighted by Gasteiger charge is 2.54. The summed E-state index contributed by atoms with van der Waals surface area (Å²) in [4.78, 5) is 41.1. The Kier molecular flexibility index (Phi) is 4.77. The molecule has 6 nitrogen and oxygen atoms in total. The molecule has 2 aromatic rings. The van der Waals surface area contributed by atoms with Gasteiger partial charge in [0.25, 0.3) is 5.91 Å². The molecule has 30 heavy (non-hydrogen) atoms. The lowest BCUT2D eigenvalue weighted by Gasteiger charge is -2.33. The smallest absolute Gasteiger partial charge is 0.325 e. The van der Waals surface area contributed by atoms with E-state index in [4.69, 9.17) is 0 Å². The third-order valence-corrected chi connectivity index (χ3v) is 7.37. The first-order valence-electron chi connectivity index (χ1n) is 10.3. The van der Waals surface area contributed by atoms with E-state index in [9.17, 15) is 14.4 Å². The highest BCUT2D eigenvalue weighted by Crippen LogP contribution is 2.40. The summed E-state index contributed by atoms with van der Waals surface area (Å²) in [5.74, 6) is 0.283. The molecular formula is C23H23N3O3S. The second kappa shape index (κ2) is 7.47. The van der Waals surface area contributed by atoms with Gasteiger partial charge in [0.2, 0.25) is 5.91 Å². The summed E-state index contributed by atoms with van der Waals surface area (Å²) in [6.45, 7) is -0.263. The van der Waals surface area contributed by atoms with Crippen LogP contribution in [0.25, 0.3) is 0 Å². The molecule has 1 spiro atoms. The summed E-state index contributed by atoms with van der Waals surface area (Å²) in [6.07, 6.45) is 3.09. The fourth-order valence-electron chi connectivity index (χ4n) is 4.83. The molecule has 2 aromatic carbocycles. The van der Waals surface area contributed by atoms with Gasteiger partial charge in [-0.05, 0) is 48.4 Å². The van der Waals surface area contributed by atoms with Crippen LogP contribution in [0.2, 0.25) is 0 Å². The lowest BCUT2D eigenvalue weighted by molar-refractivity contribution is -0.135. The number of imide groups is 1. The summed E-state index contributed by atoms with van der Waals surface area (Å²) in [5.41, 5.74) is 1.99. The molecule has 0 bridgehead atoms. The van der Waals surface area contributed by atoms with Crippen molar-refractivity contribution in [3.63, 3.8) is 0 Å². The van der Waals surface area contributed by atoms with E-state index >= 15 is 0 Å². The van der Waals surface area contributed by atoms with Gasteiger partial charge in [-0.25, -0.2) is 4.79 Å². The number of hydrogen-bond acceptors (Lipinski definition) is 4. The van der Waals surface area contributed by atoms with Crippen molar-refractivity contribution in [1.82, 2.24) is 15.5 Å². The number of urea groups is 1. The highest BCUT2D eigenvalue weighted by atomic mass is 32.2. The minimum Gasteiger partial charge on any atom is -0.348 e. The molecule has 0 saturated carbocycles. The number of amides is 4. The number of nitrogens with one attached hydrogen (secondary N) is 2. The van der Waals surface area contributed by atoms with Crippen molar-refractivity contribution in [2.24, 2.45) is 0 Å². The van der Waals surface area contributed by atoms with Gasteiger partial charge in [0.05, 0.1) is 6.04 Å². The maximum atomic E-state index is 13.3. The molecular weight excluding hydrogens is 398 g/mol. The van der Waals surface area contributed by atoms with Gasteiger partial charge < -0.3 is 10.6 Å². The maximum absolute atomic E-state index is 13.3. The lowest BCUT2D eigenvalue weighted by Crippen LogP contribution is -2.47. The Morgan fingerprint density at radius 2 is 1.97 bits per heavy atom. The second-order valence-electron chi connectivity index (χ2n) is 8.03. The van der Waals surface area contributed by atoms with Crippen LogP contribution in [0, 0.1) is 0 Å². The van der Waals surface area contributed by atoms with Crippen molar-refractivity contribution in [2.45, 2.75) is 42.2 Å². The minimum absolute atomic E-state index is 0.0971. The van der Waals surface area contributed by atoms with Crippen molar-refractivity contribution in [3.05, 3.63) is 65.2 Å². The standard InChI is InChI=1S/C23H23N3O3S/c27-20(24-18-11-13-30-19-10-4-2-8-16(18)19)14-26-21(28)23(25-22(26)29)12-5-7-15-6-1-3-9-17(15)23/h1-4,6,8-10,18H,5,7,11-14H2,(H,24,27)(H,25,29). The minimum atomic E-state index is -1.04. The van der Waals surface area contributed by atoms with E-state index in [-0.39, 0.29) is 24.4 Å². The summed E-state index contributed by atoms with van der Waals surface area (Å²) >= 11 is 1.78. The molecule has 2 aliphatic heterocycles.